The number of rotatable bonds is 5. The van der Waals surface area contributed by atoms with Crippen LogP contribution in [0.1, 0.15) is 41.0 Å². The summed E-state index contributed by atoms with van der Waals surface area (Å²) < 4.78 is 4.80. The van der Waals surface area contributed by atoms with E-state index in [9.17, 15) is 9.59 Å². The zero-order valence-electron chi connectivity index (χ0n) is 11.9. The van der Waals surface area contributed by atoms with Gasteiger partial charge in [0.05, 0.1) is 6.61 Å². The highest BCUT2D eigenvalue weighted by Gasteiger charge is 2.24. The van der Waals surface area contributed by atoms with Gasteiger partial charge in [0.2, 0.25) is 5.91 Å². The van der Waals surface area contributed by atoms with Gasteiger partial charge in [-0.1, -0.05) is 27.7 Å². The van der Waals surface area contributed by atoms with Gasteiger partial charge in [0.15, 0.2) is 0 Å². The molecule has 4 nitrogen and oxygen atoms in total. The summed E-state index contributed by atoms with van der Waals surface area (Å²) in [4.78, 5) is 24.5. The monoisotopic (exact) mass is 243 g/mol. The first-order valence-corrected chi connectivity index (χ1v) is 6.08. The van der Waals surface area contributed by atoms with E-state index in [1.54, 1.807) is 14.0 Å². The molecule has 0 fully saturated rings. The Morgan fingerprint density at radius 2 is 1.82 bits per heavy atom. The first-order valence-electron chi connectivity index (χ1n) is 6.08. The predicted octanol–water partition coefficient (Wildman–Crippen LogP) is 2.08. The number of hydrogen-bond acceptors (Lipinski definition) is 3. The highest BCUT2D eigenvalue weighted by Crippen LogP contribution is 2.28. The lowest BCUT2D eigenvalue weighted by Crippen LogP contribution is -2.35. The van der Waals surface area contributed by atoms with E-state index in [4.69, 9.17) is 4.74 Å². The number of likely N-dealkylation sites (N-methyl/N-ethyl adjacent to an activating group) is 1. The molecular formula is C13H25NO3. The molecule has 0 aromatic carbocycles. The topological polar surface area (TPSA) is 46.6 Å². The van der Waals surface area contributed by atoms with Gasteiger partial charge in [0.1, 0.15) is 6.54 Å². The van der Waals surface area contributed by atoms with E-state index in [-0.39, 0.29) is 29.8 Å². The highest BCUT2D eigenvalue weighted by molar-refractivity contribution is 5.81. The fourth-order valence-electron chi connectivity index (χ4n) is 1.21. The van der Waals surface area contributed by atoms with Crippen molar-refractivity contribution in [2.75, 3.05) is 20.2 Å². The van der Waals surface area contributed by atoms with Crippen molar-refractivity contribution >= 4 is 11.9 Å². The van der Waals surface area contributed by atoms with Crippen molar-refractivity contribution in [3.63, 3.8) is 0 Å². The molecule has 0 aromatic heterocycles. The number of esters is 1. The fraction of sp³-hybridized carbons (Fsp3) is 0.846. The standard InChI is InChI=1S/C13H25NO3/c1-7-17-12(16)9-14(6)11(15)8-10(2)13(3,4)5/h10H,7-9H2,1-6H3. The summed E-state index contributed by atoms with van der Waals surface area (Å²) in [7, 11) is 1.63. The lowest BCUT2D eigenvalue weighted by molar-refractivity contribution is -0.148. The summed E-state index contributed by atoms with van der Waals surface area (Å²) in [5.41, 5.74) is 0.0976. The van der Waals surface area contributed by atoms with Gasteiger partial charge in [0, 0.05) is 13.5 Å². The van der Waals surface area contributed by atoms with Crippen LogP contribution in [0.4, 0.5) is 0 Å². The number of hydrogen-bond donors (Lipinski definition) is 0. The van der Waals surface area contributed by atoms with Crippen molar-refractivity contribution in [1.29, 1.82) is 0 Å². The van der Waals surface area contributed by atoms with Crippen LogP contribution in [-0.4, -0.2) is 37.0 Å². The lowest BCUT2D eigenvalue weighted by Gasteiger charge is -2.28. The zero-order chi connectivity index (χ0) is 13.6. The smallest absolute Gasteiger partial charge is 0.325 e. The molecule has 0 N–H and O–H groups in total. The van der Waals surface area contributed by atoms with Crippen LogP contribution < -0.4 is 0 Å². The Hall–Kier alpha value is -1.06. The molecule has 0 rings (SSSR count). The minimum Gasteiger partial charge on any atom is -0.465 e. The van der Waals surface area contributed by atoms with E-state index >= 15 is 0 Å². The summed E-state index contributed by atoms with van der Waals surface area (Å²) in [5.74, 6) is -0.0908. The van der Waals surface area contributed by atoms with Crippen molar-refractivity contribution in [3.8, 4) is 0 Å². The van der Waals surface area contributed by atoms with Gasteiger partial charge < -0.3 is 9.64 Å². The van der Waals surface area contributed by atoms with Crippen molar-refractivity contribution in [2.24, 2.45) is 11.3 Å². The molecule has 0 saturated heterocycles. The Morgan fingerprint density at radius 1 is 1.29 bits per heavy atom. The second-order valence-corrected chi connectivity index (χ2v) is 5.53. The Kier molecular flexibility index (Phi) is 6.21. The molecule has 0 radical (unpaired) electrons. The van der Waals surface area contributed by atoms with Crippen molar-refractivity contribution in [3.05, 3.63) is 0 Å². The summed E-state index contributed by atoms with van der Waals surface area (Å²) in [6.45, 7) is 10.5. The molecule has 1 unspecified atom stereocenters. The molecule has 17 heavy (non-hydrogen) atoms. The van der Waals surface area contributed by atoms with Crippen LogP contribution in [0.25, 0.3) is 0 Å². The van der Waals surface area contributed by atoms with E-state index < -0.39 is 0 Å². The van der Waals surface area contributed by atoms with Crippen LogP contribution in [0.15, 0.2) is 0 Å². The Labute approximate surface area is 104 Å². The second-order valence-electron chi connectivity index (χ2n) is 5.53. The van der Waals surface area contributed by atoms with Crippen LogP contribution in [-0.2, 0) is 14.3 Å². The average Bonchev–Trinajstić information content (AvgIpc) is 2.16. The minimum absolute atomic E-state index is 0.0134. The molecule has 1 amide bonds. The van der Waals surface area contributed by atoms with E-state index in [0.717, 1.165) is 0 Å². The average molecular weight is 243 g/mol. The van der Waals surface area contributed by atoms with E-state index in [1.165, 1.54) is 4.90 Å². The summed E-state index contributed by atoms with van der Waals surface area (Å²) in [5, 5.41) is 0. The molecule has 0 aromatic rings. The molecule has 0 heterocycles. The quantitative estimate of drug-likeness (QED) is 0.694. The van der Waals surface area contributed by atoms with Crippen molar-refractivity contribution in [2.45, 2.75) is 41.0 Å². The first kappa shape index (κ1) is 15.9. The third-order valence-corrected chi connectivity index (χ3v) is 3.06. The molecule has 1 atom stereocenters. The molecule has 4 heteroatoms. The maximum absolute atomic E-state index is 11.9. The normalized spacial score (nSPS) is 13.1. The summed E-state index contributed by atoms with van der Waals surface area (Å²) >= 11 is 0. The highest BCUT2D eigenvalue weighted by atomic mass is 16.5. The van der Waals surface area contributed by atoms with Crippen LogP contribution in [0, 0.1) is 11.3 Å². The number of amides is 1. The zero-order valence-corrected chi connectivity index (χ0v) is 11.9. The van der Waals surface area contributed by atoms with E-state index in [1.807, 2.05) is 0 Å². The molecule has 0 spiro atoms. The van der Waals surface area contributed by atoms with Crippen LogP contribution in [0.2, 0.25) is 0 Å². The maximum Gasteiger partial charge on any atom is 0.325 e. The first-order chi connectivity index (χ1) is 7.68. The SMILES string of the molecule is CCOC(=O)CN(C)C(=O)CC(C)C(C)(C)C. The predicted molar refractivity (Wildman–Crippen MR) is 67.5 cm³/mol. The number of ether oxygens (including phenoxy) is 1. The molecule has 100 valence electrons. The second kappa shape index (κ2) is 6.62. The third-order valence-electron chi connectivity index (χ3n) is 3.06. The van der Waals surface area contributed by atoms with Gasteiger partial charge >= 0.3 is 5.97 Å². The molecule has 0 aliphatic heterocycles. The van der Waals surface area contributed by atoms with Crippen molar-refractivity contribution in [1.82, 2.24) is 4.90 Å². The number of nitrogens with zero attached hydrogens (tertiary/aromatic N) is 1. The van der Waals surface area contributed by atoms with Gasteiger partial charge in [-0.15, -0.1) is 0 Å². The summed E-state index contributed by atoms with van der Waals surface area (Å²) in [6.07, 6.45) is 0.458. The van der Waals surface area contributed by atoms with E-state index in [2.05, 4.69) is 27.7 Å². The van der Waals surface area contributed by atoms with Gasteiger partial charge in [-0.3, -0.25) is 9.59 Å². The van der Waals surface area contributed by atoms with Gasteiger partial charge in [0.25, 0.3) is 0 Å². The Morgan fingerprint density at radius 3 is 2.24 bits per heavy atom. The summed E-state index contributed by atoms with van der Waals surface area (Å²) in [6, 6.07) is 0. The minimum atomic E-state index is -0.355. The lowest BCUT2D eigenvalue weighted by atomic mass is 9.80. The van der Waals surface area contributed by atoms with Crippen molar-refractivity contribution < 1.29 is 14.3 Å². The molecule has 0 saturated carbocycles. The Bertz CT molecular complexity index is 268. The maximum atomic E-state index is 11.9. The largest absolute Gasteiger partial charge is 0.465 e. The van der Waals surface area contributed by atoms with Crippen LogP contribution in [0.5, 0.6) is 0 Å². The van der Waals surface area contributed by atoms with Crippen LogP contribution in [0.3, 0.4) is 0 Å². The molecule has 0 bridgehead atoms. The molecular weight excluding hydrogens is 218 g/mol. The number of carbonyl (C=O) groups excluding carboxylic acids is 2. The van der Waals surface area contributed by atoms with Gasteiger partial charge in [-0.2, -0.15) is 0 Å². The molecule has 0 aliphatic rings. The third kappa shape index (κ3) is 6.29. The number of carbonyl (C=O) groups is 2. The van der Waals surface area contributed by atoms with Gasteiger partial charge in [-0.25, -0.2) is 0 Å². The fourth-order valence-corrected chi connectivity index (χ4v) is 1.21. The van der Waals surface area contributed by atoms with E-state index in [0.29, 0.717) is 13.0 Å². The van der Waals surface area contributed by atoms with Gasteiger partial charge in [-0.05, 0) is 18.3 Å². The van der Waals surface area contributed by atoms with Crippen LogP contribution >= 0.6 is 0 Å². The Balaban J connectivity index is 4.19. The molecule has 0 aliphatic carbocycles.